The molecule has 1 aromatic heterocycles. The van der Waals surface area contributed by atoms with Gasteiger partial charge in [-0.1, -0.05) is 0 Å². The molecule has 1 fully saturated rings. The van der Waals surface area contributed by atoms with E-state index in [4.69, 9.17) is 10.5 Å². The van der Waals surface area contributed by atoms with E-state index < -0.39 is 0 Å². The molecule has 1 atom stereocenters. The summed E-state index contributed by atoms with van der Waals surface area (Å²) in [6.45, 7) is 5.04. The summed E-state index contributed by atoms with van der Waals surface area (Å²) >= 11 is 0. The summed E-state index contributed by atoms with van der Waals surface area (Å²) in [6, 6.07) is 0.880. The minimum absolute atomic E-state index is 0.230. The van der Waals surface area contributed by atoms with E-state index in [2.05, 4.69) is 21.5 Å². The van der Waals surface area contributed by atoms with Crippen molar-refractivity contribution in [3.63, 3.8) is 0 Å². The van der Waals surface area contributed by atoms with Gasteiger partial charge in [-0.15, -0.1) is 0 Å². The van der Waals surface area contributed by atoms with Gasteiger partial charge in [0, 0.05) is 31.9 Å². The number of imidazole rings is 1. The van der Waals surface area contributed by atoms with Gasteiger partial charge in [0.1, 0.15) is 0 Å². The van der Waals surface area contributed by atoms with Gasteiger partial charge in [-0.2, -0.15) is 0 Å². The summed E-state index contributed by atoms with van der Waals surface area (Å²) in [6.07, 6.45) is 6.42. The van der Waals surface area contributed by atoms with Crippen LogP contribution in [0.4, 0.5) is 0 Å². The first-order chi connectivity index (χ1) is 8.77. The molecule has 0 radical (unpaired) electrons. The molecule has 0 saturated heterocycles. The molecule has 0 spiro atoms. The lowest BCUT2D eigenvalue weighted by Gasteiger charge is -2.27. The van der Waals surface area contributed by atoms with Crippen LogP contribution < -0.4 is 5.73 Å². The van der Waals surface area contributed by atoms with Crippen molar-refractivity contribution in [3.8, 4) is 0 Å². The fraction of sp³-hybridized carbons (Fsp3) is 0.769. The quantitative estimate of drug-likeness (QED) is 0.706. The lowest BCUT2D eigenvalue weighted by Crippen LogP contribution is -2.34. The fourth-order valence-corrected chi connectivity index (χ4v) is 2.27. The molecule has 1 heterocycles. The number of rotatable bonds is 8. The van der Waals surface area contributed by atoms with E-state index in [1.54, 1.807) is 0 Å². The lowest BCUT2D eigenvalue weighted by molar-refractivity contribution is 0.107. The Morgan fingerprint density at radius 1 is 1.61 bits per heavy atom. The molecule has 0 amide bonds. The van der Waals surface area contributed by atoms with Crippen LogP contribution >= 0.6 is 0 Å². The van der Waals surface area contributed by atoms with Crippen LogP contribution in [0.2, 0.25) is 0 Å². The molecule has 5 nitrogen and oxygen atoms in total. The largest absolute Gasteiger partial charge is 0.380 e. The molecule has 2 N–H and O–H groups in total. The van der Waals surface area contributed by atoms with Crippen LogP contribution in [0.5, 0.6) is 0 Å². The molecule has 2 rings (SSSR count). The summed E-state index contributed by atoms with van der Waals surface area (Å²) in [5, 5.41) is 0. The maximum atomic E-state index is 5.93. The zero-order valence-electron chi connectivity index (χ0n) is 11.4. The second kappa shape index (κ2) is 6.31. The number of hydrogen-bond acceptors (Lipinski definition) is 4. The highest BCUT2D eigenvalue weighted by Gasteiger charge is 2.28. The number of likely N-dealkylation sites (N-methyl/N-ethyl adjacent to an activating group) is 1. The lowest BCUT2D eigenvalue weighted by atomic mass is 10.2. The van der Waals surface area contributed by atoms with Gasteiger partial charge in [-0.25, -0.2) is 4.98 Å². The highest BCUT2D eigenvalue weighted by Crippen LogP contribution is 2.37. The van der Waals surface area contributed by atoms with Crippen molar-refractivity contribution in [1.82, 2.24) is 14.5 Å². The molecule has 0 aromatic carbocycles. The zero-order chi connectivity index (χ0) is 13.0. The molecule has 1 aromatic rings. The molecular weight excluding hydrogens is 228 g/mol. The van der Waals surface area contributed by atoms with Crippen molar-refractivity contribution < 1.29 is 4.74 Å². The standard InChI is InChI=1S/C13H24N4O/c1-3-18-7-6-16(2)12(8-14)13-9-15-10-17(13)11-4-5-11/h9-12H,3-8,14H2,1-2H3. The van der Waals surface area contributed by atoms with Crippen LogP contribution in [0.1, 0.15) is 37.5 Å². The van der Waals surface area contributed by atoms with E-state index in [-0.39, 0.29) is 6.04 Å². The number of nitrogens with two attached hydrogens (primary N) is 1. The van der Waals surface area contributed by atoms with Crippen LogP contribution in [0.25, 0.3) is 0 Å². The fourth-order valence-electron chi connectivity index (χ4n) is 2.27. The van der Waals surface area contributed by atoms with E-state index in [0.717, 1.165) is 19.8 Å². The van der Waals surface area contributed by atoms with Gasteiger partial charge < -0.3 is 15.0 Å². The number of ether oxygens (including phenoxy) is 1. The Kier molecular flexibility index (Phi) is 4.74. The van der Waals surface area contributed by atoms with Crippen molar-refractivity contribution in [2.24, 2.45) is 5.73 Å². The topological polar surface area (TPSA) is 56.3 Å². The second-order valence-corrected chi connectivity index (χ2v) is 4.89. The predicted molar refractivity (Wildman–Crippen MR) is 71.4 cm³/mol. The maximum Gasteiger partial charge on any atom is 0.0951 e. The Hall–Kier alpha value is -0.910. The van der Waals surface area contributed by atoms with E-state index in [0.29, 0.717) is 12.6 Å². The average molecular weight is 252 g/mol. The highest BCUT2D eigenvalue weighted by molar-refractivity contribution is 5.09. The Morgan fingerprint density at radius 2 is 2.39 bits per heavy atom. The van der Waals surface area contributed by atoms with E-state index in [9.17, 15) is 0 Å². The Labute approximate surface area is 109 Å². The molecule has 0 aliphatic heterocycles. The van der Waals surface area contributed by atoms with Crippen LogP contribution in [-0.4, -0.2) is 47.8 Å². The first kappa shape index (κ1) is 13.5. The highest BCUT2D eigenvalue weighted by atomic mass is 16.5. The first-order valence-electron chi connectivity index (χ1n) is 6.77. The third-order valence-electron chi connectivity index (χ3n) is 3.53. The summed E-state index contributed by atoms with van der Waals surface area (Å²) in [5.41, 5.74) is 7.17. The summed E-state index contributed by atoms with van der Waals surface area (Å²) in [4.78, 5) is 6.54. The number of hydrogen-bond donors (Lipinski definition) is 1. The average Bonchev–Trinajstić information content (AvgIpc) is 3.11. The zero-order valence-corrected chi connectivity index (χ0v) is 11.4. The summed E-state index contributed by atoms with van der Waals surface area (Å²) in [5.74, 6) is 0. The van der Waals surface area contributed by atoms with Crippen molar-refractivity contribution >= 4 is 0 Å². The van der Waals surface area contributed by atoms with Crippen molar-refractivity contribution in [3.05, 3.63) is 18.2 Å². The van der Waals surface area contributed by atoms with Crippen LogP contribution in [-0.2, 0) is 4.74 Å². The molecule has 1 aliphatic carbocycles. The summed E-state index contributed by atoms with van der Waals surface area (Å²) < 4.78 is 7.69. The van der Waals surface area contributed by atoms with E-state index in [1.807, 2.05) is 19.4 Å². The predicted octanol–water partition coefficient (Wildman–Crippen LogP) is 1.19. The molecule has 1 saturated carbocycles. The van der Waals surface area contributed by atoms with Gasteiger partial charge in [-0.3, -0.25) is 4.90 Å². The van der Waals surface area contributed by atoms with Gasteiger partial charge >= 0.3 is 0 Å². The number of aromatic nitrogens is 2. The Balaban J connectivity index is 2.00. The van der Waals surface area contributed by atoms with Gasteiger partial charge in [-0.05, 0) is 26.8 Å². The maximum absolute atomic E-state index is 5.93. The van der Waals surface area contributed by atoms with Crippen LogP contribution in [0, 0.1) is 0 Å². The minimum Gasteiger partial charge on any atom is -0.380 e. The van der Waals surface area contributed by atoms with Crippen LogP contribution in [0.3, 0.4) is 0 Å². The third kappa shape index (κ3) is 3.10. The molecule has 102 valence electrons. The molecule has 1 aliphatic rings. The molecule has 1 unspecified atom stereocenters. The minimum atomic E-state index is 0.230. The molecule has 5 heteroatoms. The van der Waals surface area contributed by atoms with E-state index in [1.165, 1.54) is 18.5 Å². The smallest absolute Gasteiger partial charge is 0.0951 e. The van der Waals surface area contributed by atoms with Gasteiger partial charge in [0.15, 0.2) is 0 Å². The van der Waals surface area contributed by atoms with Gasteiger partial charge in [0.25, 0.3) is 0 Å². The molecular formula is C13H24N4O. The second-order valence-electron chi connectivity index (χ2n) is 4.89. The van der Waals surface area contributed by atoms with Gasteiger partial charge in [0.05, 0.1) is 24.7 Å². The first-order valence-corrected chi connectivity index (χ1v) is 6.77. The van der Waals surface area contributed by atoms with Crippen molar-refractivity contribution in [1.29, 1.82) is 0 Å². The Morgan fingerprint density at radius 3 is 3.00 bits per heavy atom. The van der Waals surface area contributed by atoms with Crippen molar-refractivity contribution in [2.45, 2.75) is 31.8 Å². The third-order valence-corrected chi connectivity index (χ3v) is 3.53. The van der Waals surface area contributed by atoms with E-state index >= 15 is 0 Å². The molecule has 0 bridgehead atoms. The molecule has 18 heavy (non-hydrogen) atoms. The number of nitrogens with zero attached hydrogens (tertiary/aromatic N) is 3. The van der Waals surface area contributed by atoms with Crippen molar-refractivity contribution in [2.75, 3.05) is 33.4 Å². The van der Waals surface area contributed by atoms with Gasteiger partial charge in [0.2, 0.25) is 0 Å². The monoisotopic (exact) mass is 252 g/mol. The Bertz CT molecular complexity index is 362. The normalized spacial score (nSPS) is 17.3. The SMILES string of the molecule is CCOCCN(C)C(CN)c1cncn1C1CC1. The summed E-state index contributed by atoms with van der Waals surface area (Å²) in [7, 11) is 2.10. The van der Waals surface area contributed by atoms with Crippen LogP contribution in [0.15, 0.2) is 12.5 Å².